The van der Waals surface area contributed by atoms with Crippen LogP contribution in [-0.4, -0.2) is 14.9 Å². The maximum Gasteiger partial charge on any atom is 0.109 e. The molecule has 2 atom stereocenters. The van der Waals surface area contributed by atoms with E-state index in [-0.39, 0.29) is 5.92 Å². The molecule has 2 rings (SSSR count). The highest BCUT2D eigenvalue weighted by molar-refractivity contribution is 5.16. The van der Waals surface area contributed by atoms with Gasteiger partial charge in [-0.3, -0.25) is 4.68 Å². The molecule has 0 bridgehead atoms. The molecule has 0 saturated heterocycles. The van der Waals surface area contributed by atoms with E-state index in [9.17, 15) is 5.11 Å². The van der Waals surface area contributed by atoms with E-state index < -0.39 is 5.60 Å². The van der Waals surface area contributed by atoms with Gasteiger partial charge in [0.1, 0.15) is 5.60 Å². The average molecular weight is 250 g/mol. The minimum Gasteiger partial charge on any atom is -0.383 e. The molecule has 0 aliphatic heterocycles. The molecule has 1 N–H and O–H groups in total. The van der Waals surface area contributed by atoms with Crippen LogP contribution in [0.25, 0.3) is 0 Å². The molecule has 1 heterocycles. The van der Waals surface area contributed by atoms with Crippen molar-refractivity contribution in [1.29, 1.82) is 0 Å². The molecule has 1 saturated carbocycles. The fourth-order valence-electron chi connectivity index (χ4n) is 3.32. The van der Waals surface area contributed by atoms with Gasteiger partial charge in [0.2, 0.25) is 0 Å². The van der Waals surface area contributed by atoms with Crippen LogP contribution in [0.4, 0.5) is 0 Å². The predicted molar refractivity (Wildman–Crippen MR) is 73.3 cm³/mol. The molecular weight excluding hydrogens is 224 g/mol. The number of nitrogens with zero attached hydrogens (tertiary/aromatic N) is 2. The minimum atomic E-state index is -0.712. The monoisotopic (exact) mass is 250 g/mol. The maximum atomic E-state index is 11.1. The summed E-state index contributed by atoms with van der Waals surface area (Å²) in [6, 6.07) is 2.27. The van der Waals surface area contributed by atoms with Gasteiger partial charge in [-0.2, -0.15) is 5.10 Å². The molecular formula is C15H26N2O. The first kappa shape index (κ1) is 13.6. The Kier molecular flexibility index (Phi) is 3.30. The number of aliphatic hydroxyl groups is 1. The highest BCUT2D eigenvalue weighted by Crippen LogP contribution is 2.48. The van der Waals surface area contributed by atoms with Crippen LogP contribution < -0.4 is 0 Å². The number of hydrogen-bond donors (Lipinski definition) is 1. The van der Waals surface area contributed by atoms with Gasteiger partial charge < -0.3 is 5.11 Å². The van der Waals surface area contributed by atoms with Crippen LogP contribution in [0.1, 0.15) is 65.6 Å². The lowest BCUT2D eigenvalue weighted by Gasteiger charge is -2.45. The van der Waals surface area contributed by atoms with Crippen molar-refractivity contribution in [3.63, 3.8) is 0 Å². The summed E-state index contributed by atoms with van der Waals surface area (Å²) < 4.78 is 1.97. The van der Waals surface area contributed by atoms with Crippen LogP contribution in [0.3, 0.4) is 0 Å². The molecule has 1 aliphatic rings. The first-order valence-corrected chi connectivity index (χ1v) is 7.03. The van der Waals surface area contributed by atoms with E-state index >= 15 is 0 Å². The van der Waals surface area contributed by atoms with Gasteiger partial charge in [-0.1, -0.05) is 20.8 Å². The molecule has 1 aromatic rings. The number of rotatable bonds is 2. The van der Waals surface area contributed by atoms with Crippen molar-refractivity contribution in [2.24, 2.45) is 11.3 Å². The molecule has 0 radical (unpaired) electrons. The van der Waals surface area contributed by atoms with Gasteiger partial charge in [-0.05, 0) is 50.5 Å². The smallest absolute Gasteiger partial charge is 0.109 e. The SMILES string of the molecule is CC(C)n1nccc1C1(O)CCC(C)(C)CC1C. The molecule has 3 heteroatoms. The van der Waals surface area contributed by atoms with Crippen LogP contribution in [-0.2, 0) is 5.60 Å². The van der Waals surface area contributed by atoms with E-state index in [4.69, 9.17) is 0 Å². The number of aromatic nitrogens is 2. The van der Waals surface area contributed by atoms with E-state index in [2.05, 4.69) is 39.7 Å². The Hall–Kier alpha value is -0.830. The molecule has 2 unspecified atom stereocenters. The van der Waals surface area contributed by atoms with Crippen molar-refractivity contribution in [1.82, 2.24) is 9.78 Å². The average Bonchev–Trinajstić information content (AvgIpc) is 2.73. The van der Waals surface area contributed by atoms with Crippen LogP contribution in [0.5, 0.6) is 0 Å². The van der Waals surface area contributed by atoms with Crippen LogP contribution in [0.15, 0.2) is 12.3 Å². The van der Waals surface area contributed by atoms with Crippen LogP contribution in [0.2, 0.25) is 0 Å². The first-order chi connectivity index (χ1) is 8.26. The third-order valence-electron chi connectivity index (χ3n) is 4.46. The molecule has 0 spiro atoms. The standard InChI is InChI=1S/C15H26N2O/c1-11(2)17-13(6-9-16-17)15(18)8-7-14(4,5)10-12(15)3/h6,9,11-12,18H,7-8,10H2,1-5H3. The summed E-state index contributed by atoms with van der Waals surface area (Å²) in [5, 5.41) is 15.5. The molecule has 0 amide bonds. The predicted octanol–water partition coefficient (Wildman–Crippen LogP) is 3.50. The Balaban J connectivity index is 2.34. The van der Waals surface area contributed by atoms with Crippen molar-refractivity contribution in [3.8, 4) is 0 Å². The summed E-state index contributed by atoms with van der Waals surface area (Å²) in [6.45, 7) is 11.0. The zero-order valence-electron chi connectivity index (χ0n) is 12.3. The number of hydrogen-bond acceptors (Lipinski definition) is 2. The molecule has 18 heavy (non-hydrogen) atoms. The lowest BCUT2D eigenvalue weighted by molar-refractivity contribution is -0.0834. The molecule has 1 fully saturated rings. The topological polar surface area (TPSA) is 38.0 Å². The van der Waals surface area contributed by atoms with Gasteiger partial charge in [0.25, 0.3) is 0 Å². The summed E-state index contributed by atoms with van der Waals surface area (Å²) in [5.74, 6) is 0.274. The first-order valence-electron chi connectivity index (χ1n) is 7.03. The quantitative estimate of drug-likeness (QED) is 0.872. The third kappa shape index (κ3) is 2.20. The van der Waals surface area contributed by atoms with Gasteiger partial charge in [-0.15, -0.1) is 0 Å². The van der Waals surface area contributed by atoms with Gasteiger partial charge in [0.05, 0.1) is 5.69 Å². The third-order valence-corrected chi connectivity index (χ3v) is 4.46. The van der Waals surface area contributed by atoms with E-state index in [1.807, 2.05) is 10.7 Å². The molecule has 1 aromatic heterocycles. The zero-order valence-corrected chi connectivity index (χ0v) is 12.3. The van der Waals surface area contributed by atoms with Gasteiger partial charge in [0, 0.05) is 12.2 Å². The van der Waals surface area contributed by atoms with Gasteiger partial charge in [-0.25, -0.2) is 0 Å². The Morgan fingerprint density at radius 1 is 1.39 bits per heavy atom. The van der Waals surface area contributed by atoms with Crippen molar-refractivity contribution in [3.05, 3.63) is 18.0 Å². The molecule has 1 aliphatic carbocycles. The summed E-state index contributed by atoms with van der Waals surface area (Å²) in [7, 11) is 0. The van der Waals surface area contributed by atoms with E-state index in [0.717, 1.165) is 25.0 Å². The normalized spacial score (nSPS) is 31.8. The molecule has 0 aromatic carbocycles. The highest BCUT2D eigenvalue weighted by Gasteiger charge is 2.45. The molecule has 102 valence electrons. The zero-order chi connectivity index (χ0) is 13.6. The summed E-state index contributed by atoms with van der Waals surface area (Å²) in [6.07, 6.45) is 4.77. The van der Waals surface area contributed by atoms with Gasteiger partial charge in [0.15, 0.2) is 0 Å². The van der Waals surface area contributed by atoms with E-state index in [0.29, 0.717) is 11.5 Å². The largest absolute Gasteiger partial charge is 0.383 e. The van der Waals surface area contributed by atoms with E-state index in [1.54, 1.807) is 6.20 Å². The maximum absolute atomic E-state index is 11.1. The Morgan fingerprint density at radius 3 is 2.61 bits per heavy atom. The van der Waals surface area contributed by atoms with Crippen molar-refractivity contribution in [2.75, 3.05) is 0 Å². The van der Waals surface area contributed by atoms with Crippen molar-refractivity contribution >= 4 is 0 Å². The Morgan fingerprint density at radius 2 is 2.06 bits per heavy atom. The fraction of sp³-hybridized carbons (Fsp3) is 0.800. The van der Waals surface area contributed by atoms with Gasteiger partial charge >= 0.3 is 0 Å². The van der Waals surface area contributed by atoms with Crippen LogP contribution >= 0.6 is 0 Å². The molecule has 3 nitrogen and oxygen atoms in total. The second-order valence-electron chi connectivity index (χ2n) is 6.95. The second-order valence-corrected chi connectivity index (χ2v) is 6.95. The second kappa shape index (κ2) is 4.37. The lowest BCUT2D eigenvalue weighted by Crippen LogP contribution is -2.43. The summed E-state index contributed by atoms with van der Waals surface area (Å²) >= 11 is 0. The lowest BCUT2D eigenvalue weighted by atomic mass is 9.64. The Bertz CT molecular complexity index is 422. The minimum absolute atomic E-state index is 0.274. The fourth-order valence-corrected chi connectivity index (χ4v) is 3.32. The van der Waals surface area contributed by atoms with Crippen LogP contribution in [0, 0.1) is 11.3 Å². The summed E-state index contributed by atoms with van der Waals surface area (Å²) in [5.41, 5.74) is 0.616. The summed E-state index contributed by atoms with van der Waals surface area (Å²) in [4.78, 5) is 0. The highest BCUT2D eigenvalue weighted by atomic mass is 16.3. The van der Waals surface area contributed by atoms with Crippen molar-refractivity contribution in [2.45, 2.75) is 65.5 Å². The van der Waals surface area contributed by atoms with E-state index in [1.165, 1.54) is 0 Å². The Labute approximate surface area is 110 Å². The van der Waals surface area contributed by atoms with Crippen molar-refractivity contribution < 1.29 is 5.11 Å².